The molecular weight excluding hydrogens is 488 g/mol. The summed E-state index contributed by atoms with van der Waals surface area (Å²) in [4.78, 5) is 40.3. The molecule has 0 aliphatic heterocycles. The summed E-state index contributed by atoms with van der Waals surface area (Å²) in [5.41, 5.74) is 3.07. The van der Waals surface area contributed by atoms with Gasteiger partial charge in [-0.1, -0.05) is 30.3 Å². The van der Waals surface area contributed by atoms with E-state index in [9.17, 15) is 23.2 Å². The van der Waals surface area contributed by atoms with E-state index in [1.807, 2.05) is 13.8 Å². The maximum atomic E-state index is 13.9. The number of nitrogens with zero attached hydrogens (tertiary/aromatic N) is 2. The number of hydrogen-bond acceptors (Lipinski definition) is 3. The fraction of sp³-hybridized carbons (Fsp3) is 0.167. The Labute approximate surface area is 219 Å². The van der Waals surface area contributed by atoms with Crippen LogP contribution in [0.3, 0.4) is 0 Å². The number of benzene rings is 3. The van der Waals surface area contributed by atoms with Crippen molar-refractivity contribution in [2.24, 2.45) is 0 Å². The van der Waals surface area contributed by atoms with Crippen molar-refractivity contribution >= 4 is 23.8 Å². The predicted octanol–water partition coefficient (Wildman–Crippen LogP) is 6.45. The first-order valence-corrected chi connectivity index (χ1v) is 12.0. The number of aromatic nitrogens is 1. The summed E-state index contributed by atoms with van der Waals surface area (Å²) in [7, 11) is 3.27. The van der Waals surface area contributed by atoms with Gasteiger partial charge in [-0.15, -0.1) is 0 Å². The van der Waals surface area contributed by atoms with Crippen molar-refractivity contribution in [3.05, 3.63) is 101 Å². The highest BCUT2D eigenvalue weighted by atomic mass is 19.1. The lowest BCUT2D eigenvalue weighted by Crippen LogP contribution is -2.22. The van der Waals surface area contributed by atoms with Crippen LogP contribution in [0.2, 0.25) is 0 Å². The van der Waals surface area contributed by atoms with Gasteiger partial charge >= 0.3 is 0 Å². The first-order chi connectivity index (χ1) is 18.1. The van der Waals surface area contributed by atoms with Crippen LogP contribution < -0.4 is 5.32 Å². The van der Waals surface area contributed by atoms with Gasteiger partial charge in [-0.25, -0.2) is 8.78 Å². The summed E-state index contributed by atoms with van der Waals surface area (Å²) in [5.74, 6) is -1.65. The Balaban J connectivity index is 1.96. The molecule has 2 amide bonds. The highest BCUT2D eigenvalue weighted by Crippen LogP contribution is 2.41. The number of rotatable bonds is 7. The zero-order valence-electron chi connectivity index (χ0n) is 21.5. The molecule has 0 fully saturated rings. The predicted molar refractivity (Wildman–Crippen MR) is 143 cm³/mol. The lowest BCUT2D eigenvalue weighted by molar-refractivity contribution is 0.0827. The third-order valence-corrected chi connectivity index (χ3v) is 6.13. The largest absolute Gasteiger partial charge is 0.345 e. The van der Waals surface area contributed by atoms with E-state index in [2.05, 4.69) is 5.32 Å². The molecule has 1 aromatic heterocycles. The summed E-state index contributed by atoms with van der Waals surface area (Å²) in [6, 6.07) is 17.5. The van der Waals surface area contributed by atoms with E-state index in [-0.39, 0.29) is 23.3 Å². The molecule has 0 aliphatic carbocycles. The number of carbonyl (C=O) groups is 3. The van der Waals surface area contributed by atoms with Crippen LogP contribution in [0.15, 0.2) is 72.8 Å². The molecule has 194 valence electrons. The van der Waals surface area contributed by atoms with Crippen LogP contribution >= 0.6 is 0 Å². The van der Waals surface area contributed by atoms with Gasteiger partial charge in [0.25, 0.3) is 11.8 Å². The Bertz CT molecular complexity index is 1510. The fourth-order valence-electron chi connectivity index (χ4n) is 4.47. The molecule has 0 aliphatic rings. The number of amides is 2. The van der Waals surface area contributed by atoms with Crippen molar-refractivity contribution in [2.75, 3.05) is 19.4 Å². The molecule has 0 saturated heterocycles. The van der Waals surface area contributed by atoms with E-state index in [4.69, 9.17) is 0 Å². The number of aldehydes is 1. The van der Waals surface area contributed by atoms with Gasteiger partial charge in [0.1, 0.15) is 17.3 Å². The highest BCUT2D eigenvalue weighted by molar-refractivity contribution is 6.13. The fourth-order valence-corrected chi connectivity index (χ4v) is 4.47. The zero-order valence-corrected chi connectivity index (χ0v) is 21.5. The van der Waals surface area contributed by atoms with Crippen LogP contribution in [-0.2, 0) is 0 Å². The summed E-state index contributed by atoms with van der Waals surface area (Å²) in [6.07, 6.45) is 0.666. The normalized spacial score (nSPS) is 10.9. The van der Waals surface area contributed by atoms with Crippen molar-refractivity contribution in [2.45, 2.75) is 19.9 Å². The second-order valence-electron chi connectivity index (χ2n) is 9.31. The molecule has 38 heavy (non-hydrogen) atoms. The molecule has 0 spiro atoms. The van der Waals surface area contributed by atoms with Gasteiger partial charge in [0, 0.05) is 42.5 Å². The molecule has 1 N–H and O–H groups in total. The average molecular weight is 516 g/mol. The van der Waals surface area contributed by atoms with Gasteiger partial charge in [0.15, 0.2) is 6.29 Å². The number of carbonyl (C=O) groups excluding carboxylic acids is 3. The van der Waals surface area contributed by atoms with Gasteiger partial charge in [-0.05, 0) is 67.4 Å². The number of nitrogens with one attached hydrogen (secondary N) is 1. The van der Waals surface area contributed by atoms with Crippen LogP contribution in [0.4, 0.5) is 14.5 Å². The first kappa shape index (κ1) is 26.5. The van der Waals surface area contributed by atoms with Crippen LogP contribution in [0.1, 0.15) is 51.2 Å². The van der Waals surface area contributed by atoms with Crippen LogP contribution in [0.25, 0.3) is 22.3 Å². The van der Waals surface area contributed by atoms with Crippen molar-refractivity contribution in [3.8, 4) is 22.3 Å². The maximum Gasteiger partial charge on any atom is 0.272 e. The summed E-state index contributed by atoms with van der Waals surface area (Å²) >= 11 is 0. The first-order valence-electron chi connectivity index (χ1n) is 12.0. The van der Waals surface area contributed by atoms with Crippen LogP contribution in [-0.4, -0.2) is 41.7 Å². The molecule has 8 heteroatoms. The quantitative estimate of drug-likeness (QED) is 0.288. The van der Waals surface area contributed by atoms with Crippen molar-refractivity contribution in [1.29, 1.82) is 0 Å². The minimum atomic E-state index is -0.524. The van der Waals surface area contributed by atoms with Crippen LogP contribution in [0.5, 0.6) is 0 Å². The molecular formula is C30H27F2N3O3. The Morgan fingerprint density at radius 3 is 1.92 bits per heavy atom. The number of anilines is 1. The van der Waals surface area contributed by atoms with E-state index in [1.165, 1.54) is 53.4 Å². The molecule has 0 bridgehead atoms. The molecule has 0 saturated carbocycles. The van der Waals surface area contributed by atoms with Gasteiger partial charge in [0.05, 0.1) is 5.69 Å². The topological polar surface area (TPSA) is 71.4 Å². The van der Waals surface area contributed by atoms with Gasteiger partial charge in [-0.2, -0.15) is 0 Å². The summed E-state index contributed by atoms with van der Waals surface area (Å²) in [5, 5.41) is 2.85. The standard InChI is InChI=1S/C30H27F2N3O3/c1-18(2)35-25(17-36)26(19-8-12-22(31)13-9-19)27(20-10-14-23(32)15-11-20)28(35)29(37)33-24-7-5-6-21(16-24)30(38)34(3)4/h5-18H,1-4H3,(H,33,37). The molecule has 3 aromatic carbocycles. The number of hydrogen-bond donors (Lipinski definition) is 1. The second-order valence-corrected chi connectivity index (χ2v) is 9.31. The third-order valence-electron chi connectivity index (χ3n) is 6.13. The van der Waals surface area contributed by atoms with E-state index in [1.54, 1.807) is 42.9 Å². The molecule has 0 atom stereocenters. The Kier molecular flexibility index (Phi) is 7.52. The minimum Gasteiger partial charge on any atom is -0.345 e. The average Bonchev–Trinajstić information content (AvgIpc) is 3.25. The summed E-state index contributed by atoms with van der Waals surface area (Å²) < 4.78 is 29.2. The Morgan fingerprint density at radius 2 is 1.42 bits per heavy atom. The molecule has 0 unspecified atom stereocenters. The highest BCUT2D eigenvalue weighted by Gasteiger charge is 2.30. The lowest BCUT2D eigenvalue weighted by Gasteiger charge is -2.17. The molecule has 0 radical (unpaired) electrons. The van der Waals surface area contributed by atoms with Gasteiger partial charge < -0.3 is 14.8 Å². The lowest BCUT2D eigenvalue weighted by atomic mass is 9.94. The van der Waals surface area contributed by atoms with E-state index >= 15 is 0 Å². The Hall–Kier alpha value is -4.59. The van der Waals surface area contributed by atoms with Crippen molar-refractivity contribution in [3.63, 3.8) is 0 Å². The van der Waals surface area contributed by atoms with Gasteiger partial charge in [0.2, 0.25) is 0 Å². The Morgan fingerprint density at radius 1 is 0.868 bits per heavy atom. The monoisotopic (exact) mass is 515 g/mol. The zero-order chi connectivity index (χ0) is 27.6. The number of halogens is 2. The van der Waals surface area contributed by atoms with Crippen molar-refractivity contribution < 1.29 is 23.2 Å². The summed E-state index contributed by atoms with van der Waals surface area (Å²) in [6.45, 7) is 3.67. The SMILES string of the molecule is CC(C)n1c(C=O)c(-c2ccc(F)cc2)c(-c2ccc(F)cc2)c1C(=O)Nc1cccc(C(=O)N(C)C)c1. The minimum absolute atomic E-state index is 0.178. The van der Waals surface area contributed by atoms with E-state index < -0.39 is 17.5 Å². The van der Waals surface area contributed by atoms with Crippen molar-refractivity contribution in [1.82, 2.24) is 9.47 Å². The molecule has 4 rings (SSSR count). The van der Waals surface area contributed by atoms with E-state index in [0.717, 1.165) is 0 Å². The molecule has 6 nitrogen and oxygen atoms in total. The van der Waals surface area contributed by atoms with E-state index in [0.29, 0.717) is 39.8 Å². The maximum absolute atomic E-state index is 13.9. The third kappa shape index (κ3) is 5.11. The smallest absolute Gasteiger partial charge is 0.272 e. The molecule has 1 heterocycles. The van der Waals surface area contributed by atoms with Gasteiger partial charge in [-0.3, -0.25) is 14.4 Å². The molecule has 4 aromatic rings. The second kappa shape index (κ2) is 10.8. The van der Waals surface area contributed by atoms with Crippen LogP contribution in [0, 0.1) is 11.6 Å².